The molecule has 0 unspecified atom stereocenters. The van der Waals surface area contributed by atoms with Gasteiger partial charge in [0.15, 0.2) is 0 Å². The van der Waals surface area contributed by atoms with E-state index in [1.54, 1.807) is 31.4 Å². The fourth-order valence-electron chi connectivity index (χ4n) is 3.44. The van der Waals surface area contributed by atoms with Crippen LogP contribution >= 0.6 is 0 Å². The topological polar surface area (TPSA) is 96.5 Å². The fraction of sp³-hybridized carbons (Fsp3) is 0.348. The second-order valence-electron chi connectivity index (χ2n) is 7.34. The maximum Gasteiger partial charge on any atom is 0.321 e. The summed E-state index contributed by atoms with van der Waals surface area (Å²) < 4.78 is 5.11. The van der Waals surface area contributed by atoms with Crippen LogP contribution in [0, 0.1) is 0 Å². The molecule has 4 amide bonds. The number of methoxy groups -OCH3 is 1. The van der Waals surface area contributed by atoms with Gasteiger partial charge < -0.3 is 15.4 Å². The number of imide groups is 1. The van der Waals surface area contributed by atoms with Crippen molar-refractivity contribution >= 4 is 17.8 Å². The van der Waals surface area contributed by atoms with Crippen molar-refractivity contribution in [3.63, 3.8) is 0 Å². The van der Waals surface area contributed by atoms with Crippen LogP contribution in [-0.2, 0) is 6.42 Å². The standard InChI is InChI=1S/C23H27N3O4/c1-30-20-12-6-16(7-13-20)14-15-24-23(29)26-22(28)18-10-8-17(9-11-18)21(27)25-19-4-2-3-5-19/h6-13,19H,2-5,14-15H2,1H3,(H,25,27)(H2,24,26,28,29). The van der Waals surface area contributed by atoms with Gasteiger partial charge in [-0.1, -0.05) is 25.0 Å². The van der Waals surface area contributed by atoms with Gasteiger partial charge in [0.2, 0.25) is 0 Å². The Morgan fingerprint density at radius 2 is 1.50 bits per heavy atom. The van der Waals surface area contributed by atoms with Crippen molar-refractivity contribution in [3.05, 3.63) is 65.2 Å². The molecule has 158 valence electrons. The molecule has 2 aromatic carbocycles. The highest BCUT2D eigenvalue weighted by Gasteiger charge is 2.18. The molecule has 0 radical (unpaired) electrons. The highest BCUT2D eigenvalue weighted by atomic mass is 16.5. The van der Waals surface area contributed by atoms with Gasteiger partial charge in [0, 0.05) is 23.7 Å². The Bertz CT molecular complexity index is 872. The Kier molecular flexibility index (Phi) is 7.43. The molecule has 1 fully saturated rings. The van der Waals surface area contributed by atoms with E-state index in [0.717, 1.165) is 37.0 Å². The van der Waals surface area contributed by atoms with Gasteiger partial charge >= 0.3 is 6.03 Å². The van der Waals surface area contributed by atoms with Crippen molar-refractivity contribution in [3.8, 4) is 5.75 Å². The summed E-state index contributed by atoms with van der Waals surface area (Å²) in [6, 6.07) is 13.5. The van der Waals surface area contributed by atoms with Crippen LogP contribution in [0.1, 0.15) is 52.0 Å². The monoisotopic (exact) mass is 409 g/mol. The van der Waals surface area contributed by atoms with E-state index < -0.39 is 11.9 Å². The lowest BCUT2D eigenvalue weighted by Crippen LogP contribution is -2.40. The molecule has 1 aliphatic carbocycles. The van der Waals surface area contributed by atoms with Crippen LogP contribution in [0.2, 0.25) is 0 Å². The summed E-state index contributed by atoms with van der Waals surface area (Å²) in [6.07, 6.45) is 4.95. The molecule has 0 heterocycles. The first-order chi connectivity index (χ1) is 14.5. The number of benzene rings is 2. The second kappa shape index (κ2) is 10.4. The van der Waals surface area contributed by atoms with Crippen molar-refractivity contribution < 1.29 is 19.1 Å². The third-order valence-corrected chi connectivity index (χ3v) is 5.19. The molecule has 2 aromatic rings. The average Bonchev–Trinajstić information content (AvgIpc) is 3.27. The molecule has 1 aliphatic rings. The lowest BCUT2D eigenvalue weighted by atomic mass is 10.1. The van der Waals surface area contributed by atoms with Crippen LogP contribution in [0.15, 0.2) is 48.5 Å². The number of urea groups is 1. The number of rotatable bonds is 7. The molecule has 0 saturated heterocycles. The molecule has 3 N–H and O–H groups in total. The number of carbonyl (C=O) groups excluding carboxylic acids is 3. The first-order valence-corrected chi connectivity index (χ1v) is 10.2. The largest absolute Gasteiger partial charge is 0.497 e. The van der Waals surface area contributed by atoms with Crippen LogP contribution in [0.25, 0.3) is 0 Å². The van der Waals surface area contributed by atoms with Crippen LogP contribution in [0.3, 0.4) is 0 Å². The zero-order valence-electron chi connectivity index (χ0n) is 17.1. The van der Waals surface area contributed by atoms with Crippen LogP contribution in [0.5, 0.6) is 5.75 Å². The zero-order chi connectivity index (χ0) is 21.3. The van der Waals surface area contributed by atoms with Crippen molar-refractivity contribution in [1.29, 1.82) is 0 Å². The number of amides is 4. The summed E-state index contributed by atoms with van der Waals surface area (Å²) in [5, 5.41) is 7.97. The molecule has 0 bridgehead atoms. The molecule has 0 aliphatic heterocycles. The van der Waals surface area contributed by atoms with E-state index in [0.29, 0.717) is 24.1 Å². The Hall–Kier alpha value is -3.35. The summed E-state index contributed by atoms with van der Waals surface area (Å²) in [5.74, 6) is 0.127. The molecular formula is C23H27N3O4. The molecule has 0 atom stereocenters. The second-order valence-corrected chi connectivity index (χ2v) is 7.34. The first kappa shape index (κ1) is 21.4. The molecule has 3 rings (SSSR count). The minimum atomic E-state index is -0.559. The van der Waals surface area contributed by atoms with Gasteiger partial charge in [0.1, 0.15) is 5.75 Å². The van der Waals surface area contributed by atoms with Gasteiger partial charge in [-0.2, -0.15) is 0 Å². The molecule has 1 saturated carbocycles. The van der Waals surface area contributed by atoms with E-state index in [1.165, 1.54) is 0 Å². The summed E-state index contributed by atoms with van der Waals surface area (Å²) in [6.45, 7) is 0.395. The number of hydrogen-bond acceptors (Lipinski definition) is 4. The summed E-state index contributed by atoms with van der Waals surface area (Å²) in [5.41, 5.74) is 1.87. The lowest BCUT2D eigenvalue weighted by Gasteiger charge is -2.12. The lowest BCUT2D eigenvalue weighted by molar-refractivity contribution is 0.0932. The normalized spacial score (nSPS) is 13.5. The molecule has 0 spiro atoms. The molecule has 0 aromatic heterocycles. The van der Waals surface area contributed by atoms with Crippen molar-refractivity contribution in [1.82, 2.24) is 16.0 Å². The van der Waals surface area contributed by atoms with E-state index in [-0.39, 0.29) is 11.9 Å². The highest BCUT2D eigenvalue weighted by molar-refractivity contribution is 6.04. The van der Waals surface area contributed by atoms with Crippen LogP contribution < -0.4 is 20.7 Å². The molecule has 7 nitrogen and oxygen atoms in total. The van der Waals surface area contributed by atoms with E-state index in [9.17, 15) is 14.4 Å². The third kappa shape index (κ3) is 6.07. The van der Waals surface area contributed by atoms with Crippen LogP contribution in [0.4, 0.5) is 4.79 Å². The minimum Gasteiger partial charge on any atom is -0.497 e. The van der Waals surface area contributed by atoms with Gasteiger partial charge in [0.05, 0.1) is 7.11 Å². The van der Waals surface area contributed by atoms with E-state index in [2.05, 4.69) is 16.0 Å². The smallest absolute Gasteiger partial charge is 0.321 e. The molecule has 7 heteroatoms. The van der Waals surface area contributed by atoms with E-state index in [1.807, 2.05) is 24.3 Å². The van der Waals surface area contributed by atoms with Crippen molar-refractivity contribution in [2.24, 2.45) is 0 Å². The predicted molar refractivity (Wildman–Crippen MR) is 114 cm³/mol. The predicted octanol–water partition coefficient (Wildman–Crippen LogP) is 3.05. The Labute approximate surface area is 176 Å². The Morgan fingerprint density at radius 3 is 2.10 bits per heavy atom. The summed E-state index contributed by atoms with van der Waals surface area (Å²) in [4.78, 5) is 36.4. The maximum absolute atomic E-state index is 12.2. The number of ether oxygens (including phenoxy) is 1. The fourth-order valence-corrected chi connectivity index (χ4v) is 3.44. The summed E-state index contributed by atoms with van der Waals surface area (Å²) >= 11 is 0. The number of carbonyl (C=O) groups is 3. The molecular weight excluding hydrogens is 382 g/mol. The van der Waals surface area contributed by atoms with Crippen molar-refractivity contribution in [2.75, 3.05) is 13.7 Å². The van der Waals surface area contributed by atoms with Gasteiger partial charge in [-0.25, -0.2) is 4.79 Å². The first-order valence-electron chi connectivity index (χ1n) is 10.2. The van der Waals surface area contributed by atoms with E-state index >= 15 is 0 Å². The van der Waals surface area contributed by atoms with Gasteiger partial charge in [-0.15, -0.1) is 0 Å². The average molecular weight is 409 g/mol. The third-order valence-electron chi connectivity index (χ3n) is 5.19. The van der Waals surface area contributed by atoms with Crippen LogP contribution in [-0.4, -0.2) is 37.5 Å². The van der Waals surface area contributed by atoms with E-state index in [4.69, 9.17) is 4.74 Å². The number of hydrogen-bond donors (Lipinski definition) is 3. The minimum absolute atomic E-state index is 0.134. The quantitative estimate of drug-likeness (QED) is 0.655. The van der Waals surface area contributed by atoms with Crippen molar-refractivity contribution in [2.45, 2.75) is 38.1 Å². The SMILES string of the molecule is COc1ccc(CCNC(=O)NC(=O)c2ccc(C(=O)NC3CCCC3)cc2)cc1. The number of nitrogens with one attached hydrogen (secondary N) is 3. The molecule has 30 heavy (non-hydrogen) atoms. The Morgan fingerprint density at radius 1 is 0.900 bits per heavy atom. The van der Waals surface area contributed by atoms with Gasteiger partial charge in [-0.3, -0.25) is 14.9 Å². The van der Waals surface area contributed by atoms with Gasteiger partial charge in [0.25, 0.3) is 11.8 Å². The summed E-state index contributed by atoms with van der Waals surface area (Å²) in [7, 11) is 1.61. The highest BCUT2D eigenvalue weighted by Crippen LogP contribution is 2.18. The van der Waals surface area contributed by atoms with Gasteiger partial charge in [-0.05, 0) is 61.2 Å². The Balaban J connectivity index is 1.42. The zero-order valence-corrected chi connectivity index (χ0v) is 17.1. The maximum atomic E-state index is 12.2.